The van der Waals surface area contributed by atoms with E-state index in [1.165, 1.54) is 6.07 Å². The summed E-state index contributed by atoms with van der Waals surface area (Å²) in [5.74, 6) is 0.145. The number of alkyl halides is 1. The van der Waals surface area contributed by atoms with Crippen molar-refractivity contribution in [2.75, 3.05) is 44.6 Å². The molecule has 12 heteroatoms. The van der Waals surface area contributed by atoms with Crippen molar-refractivity contribution in [2.45, 2.75) is 64.9 Å². The maximum absolute atomic E-state index is 15.0. The standard InChI is InChI=1S/C32H39F3N8O/c1-20(2)43-21(3)38-30-25(34)13-23(14-27(30)43)29-26(35)16-37-31(40-29)39-28-6-5-22(15-36-28)17-42-11-12-44-32(4,19-42)8-10-41-9-7-24(33)18-41/h5-6,13-16,20,24H,7-12,17-19H2,1-4H3,(H,36,37,39,40). The average Bonchev–Trinajstić information content (AvgIpc) is 3.56. The van der Waals surface area contributed by atoms with Gasteiger partial charge in [-0.15, -0.1) is 0 Å². The highest BCUT2D eigenvalue weighted by Crippen LogP contribution is 2.31. The molecule has 6 rings (SSSR count). The SMILES string of the molecule is Cc1nc2c(F)cc(-c3nc(Nc4ccc(CN5CCOC(C)(CCN6CCC(F)C6)C5)cn4)ncc3F)cc2n1C(C)C. The van der Waals surface area contributed by atoms with Crippen LogP contribution in [0.3, 0.4) is 0 Å². The molecular weight excluding hydrogens is 569 g/mol. The highest BCUT2D eigenvalue weighted by Gasteiger charge is 2.33. The number of hydrogen-bond donors (Lipinski definition) is 1. The lowest BCUT2D eigenvalue weighted by Gasteiger charge is -2.41. The summed E-state index contributed by atoms with van der Waals surface area (Å²) in [5, 5.41) is 3.04. The van der Waals surface area contributed by atoms with Crippen LogP contribution in [0, 0.1) is 18.6 Å². The number of ether oxygens (including phenoxy) is 1. The number of rotatable bonds is 9. The van der Waals surface area contributed by atoms with Crippen molar-refractivity contribution in [1.29, 1.82) is 0 Å². The monoisotopic (exact) mass is 608 g/mol. The lowest BCUT2D eigenvalue weighted by Crippen LogP contribution is -2.50. The first-order valence-electron chi connectivity index (χ1n) is 15.2. The van der Waals surface area contributed by atoms with Crippen LogP contribution in [0.15, 0.2) is 36.7 Å². The fourth-order valence-electron chi connectivity index (χ4n) is 6.34. The van der Waals surface area contributed by atoms with Crippen molar-refractivity contribution < 1.29 is 17.9 Å². The van der Waals surface area contributed by atoms with Gasteiger partial charge in [-0.3, -0.25) is 4.90 Å². The predicted octanol–water partition coefficient (Wildman–Crippen LogP) is 5.82. The first-order chi connectivity index (χ1) is 21.1. The second-order valence-electron chi connectivity index (χ2n) is 12.5. The summed E-state index contributed by atoms with van der Waals surface area (Å²) in [5.41, 5.74) is 1.88. The third-order valence-electron chi connectivity index (χ3n) is 8.52. The van der Waals surface area contributed by atoms with Gasteiger partial charge in [0, 0.05) is 57.1 Å². The Bertz CT molecular complexity index is 1630. The summed E-state index contributed by atoms with van der Waals surface area (Å²) >= 11 is 0. The zero-order valence-corrected chi connectivity index (χ0v) is 25.7. The van der Waals surface area contributed by atoms with Gasteiger partial charge in [0.2, 0.25) is 5.95 Å². The molecule has 0 spiro atoms. The van der Waals surface area contributed by atoms with Gasteiger partial charge < -0.3 is 19.5 Å². The molecule has 2 aliphatic heterocycles. The summed E-state index contributed by atoms with van der Waals surface area (Å²) in [6.07, 6.45) is 3.64. The maximum Gasteiger partial charge on any atom is 0.229 e. The minimum Gasteiger partial charge on any atom is -0.373 e. The Kier molecular flexibility index (Phi) is 8.58. The topological polar surface area (TPSA) is 84.2 Å². The van der Waals surface area contributed by atoms with Gasteiger partial charge >= 0.3 is 0 Å². The average molecular weight is 609 g/mol. The number of anilines is 2. The van der Waals surface area contributed by atoms with Crippen LogP contribution in [0.2, 0.25) is 0 Å². The van der Waals surface area contributed by atoms with Gasteiger partial charge in [-0.25, -0.2) is 33.1 Å². The van der Waals surface area contributed by atoms with Crippen LogP contribution >= 0.6 is 0 Å². The second kappa shape index (κ2) is 12.4. The molecule has 3 aromatic heterocycles. The molecule has 2 fully saturated rings. The van der Waals surface area contributed by atoms with Crippen LogP contribution in [0.4, 0.5) is 24.9 Å². The van der Waals surface area contributed by atoms with E-state index in [9.17, 15) is 8.78 Å². The van der Waals surface area contributed by atoms with Crippen molar-refractivity contribution in [3.8, 4) is 11.3 Å². The number of hydrogen-bond acceptors (Lipinski definition) is 8. The number of imidazole rings is 1. The summed E-state index contributed by atoms with van der Waals surface area (Å²) < 4.78 is 51.6. The third-order valence-corrected chi connectivity index (χ3v) is 8.52. The van der Waals surface area contributed by atoms with E-state index in [1.807, 2.05) is 37.5 Å². The highest BCUT2D eigenvalue weighted by molar-refractivity contribution is 5.83. The maximum atomic E-state index is 15.0. The van der Waals surface area contributed by atoms with Gasteiger partial charge in [0.25, 0.3) is 0 Å². The van der Waals surface area contributed by atoms with E-state index in [4.69, 9.17) is 4.74 Å². The van der Waals surface area contributed by atoms with Crippen molar-refractivity contribution in [3.63, 3.8) is 0 Å². The Morgan fingerprint density at radius 2 is 1.91 bits per heavy atom. The molecule has 4 aromatic rings. The molecule has 5 heterocycles. The fourth-order valence-corrected chi connectivity index (χ4v) is 6.34. The van der Waals surface area contributed by atoms with Gasteiger partial charge in [-0.2, -0.15) is 0 Å². The number of fused-ring (bicyclic) bond motifs is 1. The lowest BCUT2D eigenvalue weighted by molar-refractivity contribution is -0.106. The van der Waals surface area contributed by atoms with Crippen LogP contribution in [-0.4, -0.2) is 85.4 Å². The summed E-state index contributed by atoms with van der Waals surface area (Å²) in [7, 11) is 0. The minimum atomic E-state index is -0.710. The van der Waals surface area contributed by atoms with Crippen molar-refractivity contribution in [2.24, 2.45) is 0 Å². The largest absolute Gasteiger partial charge is 0.373 e. The van der Waals surface area contributed by atoms with Crippen molar-refractivity contribution in [1.82, 2.24) is 34.3 Å². The normalized spacial score (nSPS) is 21.5. The number of halogens is 3. The molecule has 2 aliphatic rings. The summed E-state index contributed by atoms with van der Waals surface area (Å²) in [6, 6.07) is 6.83. The first-order valence-corrected chi connectivity index (χ1v) is 15.2. The molecule has 1 aromatic carbocycles. The molecule has 0 bridgehead atoms. The number of nitrogens with one attached hydrogen (secondary N) is 1. The molecule has 234 valence electrons. The second-order valence-corrected chi connectivity index (χ2v) is 12.5. The Labute approximate surface area is 255 Å². The smallest absolute Gasteiger partial charge is 0.229 e. The molecule has 0 saturated carbocycles. The number of aromatic nitrogens is 5. The zero-order valence-electron chi connectivity index (χ0n) is 25.7. The molecule has 0 aliphatic carbocycles. The number of nitrogens with zero attached hydrogens (tertiary/aromatic N) is 7. The first kappa shape index (κ1) is 30.4. The molecule has 1 N–H and O–H groups in total. The number of morpholine rings is 1. The zero-order chi connectivity index (χ0) is 31.0. The Hall–Kier alpha value is -3.61. The van der Waals surface area contributed by atoms with Crippen LogP contribution in [0.25, 0.3) is 22.3 Å². The van der Waals surface area contributed by atoms with Crippen LogP contribution in [0.1, 0.15) is 51.0 Å². The molecule has 2 atom stereocenters. The molecule has 0 amide bonds. The Morgan fingerprint density at radius 1 is 1.07 bits per heavy atom. The van der Waals surface area contributed by atoms with E-state index in [-0.39, 0.29) is 28.8 Å². The fraction of sp³-hybridized carbons (Fsp3) is 0.500. The van der Waals surface area contributed by atoms with E-state index in [0.717, 1.165) is 50.9 Å². The third kappa shape index (κ3) is 6.57. The molecule has 44 heavy (non-hydrogen) atoms. The number of benzene rings is 1. The quantitative estimate of drug-likeness (QED) is 0.254. The molecule has 2 unspecified atom stereocenters. The van der Waals surface area contributed by atoms with Crippen LogP contribution in [0.5, 0.6) is 0 Å². The number of likely N-dealkylation sites (tertiary alicyclic amines) is 1. The van der Waals surface area contributed by atoms with Gasteiger partial charge in [0.15, 0.2) is 11.6 Å². The van der Waals surface area contributed by atoms with Gasteiger partial charge in [-0.1, -0.05) is 6.07 Å². The molecule has 2 saturated heterocycles. The van der Waals surface area contributed by atoms with E-state index in [2.05, 4.69) is 42.0 Å². The van der Waals surface area contributed by atoms with Crippen LogP contribution in [-0.2, 0) is 11.3 Å². The molecule has 0 radical (unpaired) electrons. The minimum absolute atomic E-state index is 0.0151. The summed E-state index contributed by atoms with van der Waals surface area (Å²) in [4.78, 5) is 21.9. The van der Waals surface area contributed by atoms with Crippen molar-refractivity contribution >= 4 is 22.8 Å². The Balaban J connectivity index is 1.12. The number of aryl methyl sites for hydroxylation is 1. The van der Waals surface area contributed by atoms with Crippen LogP contribution < -0.4 is 5.32 Å². The van der Waals surface area contributed by atoms with E-state index in [1.54, 1.807) is 12.3 Å². The van der Waals surface area contributed by atoms with Gasteiger partial charge in [0.05, 0.1) is 23.9 Å². The van der Waals surface area contributed by atoms with E-state index >= 15 is 4.39 Å². The summed E-state index contributed by atoms with van der Waals surface area (Å²) in [6.45, 7) is 13.1. The van der Waals surface area contributed by atoms with E-state index < -0.39 is 17.8 Å². The van der Waals surface area contributed by atoms with Crippen molar-refractivity contribution in [3.05, 3.63) is 59.7 Å². The highest BCUT2D eigenvalue weighted by atomic mass is 19.1. The lowest BCUT2D eigenvalue weighted by atomic mass is 9.99. The molecule has 9 nitrogen and oxygen atoms in total. The Morgan fingerprint density at radius 3 is 2.64 bits per heavy atom. The predicted molar refractivity (Wildman–Crippen MR) is 164 cm³/mol. The molecular formula is C32H39F3N8O. The van der Waals surface area contributed by atoms with Gasteiger partial charge in [0.1, 0.15) is 29.0 Å². The van der Waals surface area contributed by atoms with Gasteiger partial charge in [-0.05, 0) is 64.3 Å². The number of pyridine rings is 1. The van der Waals surface area contributed by atoms with E-state index in [0.29, 0.717) is 42.3 Å².